The Morgan fingerprint density at radius 3 is 3.16 bits per heavy atom. The maximum atomic E-state index is 9.61. The lowest BCUT2D eigenvalue weighted by Gasteiger charge is -2.26. The average Bonchev–Trinajstić information content (AvgIpc) is 2.38. The zero-order valence-corrected chi connectivity index (χ0v) is 11.6. The molecule has 0 fully saturated rings. The van der Waals surface area contributed by atoms with Crippen molar-refractivity contribution >= 4 is 0 Å². The summed E-state index contributed by atoms with van der Waals surface area (Å²) in [6, 6.07) is 6.04. The molecule has 3 heteroatoms. The van der Waals surface area contributed by atoms with E-state index in [9.17, 15) is 5.11 Å². The molecule has 0 aromatic heterocycles. The molecule has 1 aromatic carbocycles. The Balaban J connectivity index is 1.85. The van der Waals surface area contributed by atoms with Crippen molar-refractivity contribution in [3.8, 4) is 5.75 Å². The zero-order valence-electron chi connectivity index (χ0n) is 11.6. The standard InChI is InChI=1S/C16H23NO2/c1-12(2)11-19-9-8-17-16-5-3-4-13-6-7-14(18)10-15(13)16/h6-7,10,16-18H,1,3-5,8-9,11H2,2H3. The molecule has 1 aliphatic carbocycles. The molecule has 3 nitrogen and oxygen atoms in total. The number of nitrogens with one attached hydrogen (secondary N) is 1. The van der Waals surface area contributed by atoms with Gasteiger partial charge in [0.2, 0.25) is 0 Å². The molecular formula is C16H23NO2. The molecule has 0 saturated heterocycles. The number of aromatic hydroxyl groups is 1. The average molecular weight is 261 g/mol. The first-order valence-electron chi connectivity index (χ1n) is 6.94. The van der Waals surface area contributed by atoms with Crippen molar-refractivity contribution in [2.45, 2.75) is 32.2 Å². The smallest absolute Gasteiger partial charge is 0.115 e. The predicted octanol–water partition coefficient (Wildman–Crippen LogP) is 2.95. The summed E-state index contributed by atoms with van der Waals surface area (Å²) in [6.07, 6.45) is 3.43. The van der Waals surface area contributed by atoms with Gasteiger partial charge < -0.3 is 15.2 Å². The van der Waals surface area contributed by atoms with Crippen LogP contribution in [0.3, 0.4) is 0 Å². The molecule has 0 aliphatic heterocycles. The third-order valence-corrected chi connectivity index (χ3v) is 3.43. The number of benzene rings is 1. The third kappa shape index (κ3) is 4.08. The zero-order chi connectivity index (χ0) is 13.7. The molecule has 1 aliphatic rings. The van der Waals surface area contributed by atoms with Crippen LogP contribution in [0, 0.1) is 0 Å². The van der Waals surface area contributed by atoms with Gasteiger partial charge in [-0.3, -0.25) is 0 Å². The predicted molar refractivity (Wildman–Crippen MR) is 77.4 cm³/mol. The number of phenols is 1. The van der Waals surface area contributed by atoms with Crippen LogP contribution in [0.15, 0.2) is 30.4 Å². The molecule has 19 heavy (non-hydrogen) atoms. The van der Waals surface area contributed by atoms with E-state index in [2.05, 4.69) is 11.9 Å². The summed E-state index contributed by atoms with van der Waals surface area (Å²) in [6.45, 7) is 7.92. The van der Waals surface area contributed by atoms with E-state index in [0.29, 0.717) is 25.0 Å². The van der Waals surface area contributed by atoms with E-state index in [0.717, 1.165) is 25.0 Å². The molecule has 1 atom stereocenters. The fourth-order valence-electron chi connectivity index (χ4n) is 2.55. The van der Waals surface area contributed by atoms with Gasteiger partial charge >= 0.3 is 0 Å². The number of hydrogen-bond donors (Lipinski definition) is 2. The second-order valence-corrected chi connectivity index (χ2v) is 5.29. The molecule has 0 heterocycles. The number of ether oxygens (including phenoxy) is 1. The molecule has 0 saturated carbocycles. The van der Waals surface area contributed by atoms with Crippen LogP contribution in [0.25, 0.3) is 0 Å². The van der Waals surface area contributed by atoms with E-state index in [1.165, 1.54) is 17.5 Å². The Morgan fingerprint density at radius 1 is 1.53 bits per heavy atom. The van der Waals surface area contributed by atoms with Crippen LogP contribution in [-0.2, 0) is 11.2 Å². The maximum absolute atomic E-state index is 9.61. The van der Waals surface area contributed by atoms with Gasteiger partial charge in [-0.25, -0.2) is 0 Å². The number of phenolic OH excluding ortho intramolecular Hbond substituents is 1. The molecule has 1 unspecified atom stereocenters. The van der Waals surface area contributed by atoms with Crippen molar-refractivity contribution in [1.82, 2.24) is 5.32 Å². The first-order valence-corrected chi connectivity index (χ1v) is 6.94. The van der Waals surface area contributed by atoms with E-state index in [1.54, 1.807) is 6.07 Å². The van der Waals surface area contributed by atoms with Crippen molar-refractivity contribution in [2.75, 3.05) is 19.8 Å². The van der Waals surface area contributed by atoms with Gasteiger partial charge in [0.15, 0.2) is 0 Å². The third-order valence-electron chi connectivity index (χ3n) is 3.43. The summed E-state index contributed by atoms with van der Waals surface area (Å²) in [5.41, 5.74) is 3.64. The summed E-state index contributed by atoms with van der Waals surface area (Å²) in [4.78, 5) is 0. The second-order valence-electron chi connectivity index (χ2n) is 5.29. The largest absolute Gasteiger partial charge is 0.508 e. The Kier molecular flexibility index (Phi) is 5.00. The highest BCUT2D eigenvalue weighted by molar-refractivity contribution is 5.38. The first-order chi connectivity index (χ1) is 9.16. The summed E-state index contributed by atoms with van der Waals surface area (Å²) in [5, 5.41) is 13.1. The van der Waals surface area contributed by atoms with Gasteiger partial charge in [-0.1, -0.05) is 18.2 Å². The van der Waals surface area contributed by atoms with Crippen molar-refractivity contribution in [1.29, 1.82) is 0 Å². The van der Waals surface area contributed by atoms with Gasteiger partial charge in [0.05, 0.1) is 13.2 Å². The van der Waals surface area contributed by atoms with Crippen molar-refractivity contribution < 1.29 is 9.84 Å². The van der Waals surface area contributed by atoms with Gasteiger partial charge in [-0.05, 0) is 49.4 Å². The van der Waals surface area contributed by atoms with Gasteiger partial charge in [-0.15, -0.1) is 0 Å². The number of hydrogen-bond acceptors (Lipinski definition) is 3. The van der Waals surface area contributed by atoms with Crippen molar-refractivity contribution in [3.63, 3.8) is 0 Å². The van der Waals surface area contributed by atoms with Crippen LogP contribution >= 0.6 is 0 Å². The van der Waals surface area contributed by atoms with Crippen LogP contribution in [0.4, 0.5) is 0 Å². The van der Waals surface area contributed by atoms with Crippen molar-refractivity contribution in [2.24, 2.45) is 0 Å². The number of aryl methyl sites for hydroxylation is 1. The summed E-state index contributed by atoms with van der Waals surface area (Å²) >= 11 is 0. The highest BCUT2D eigenvalue weighted by Crippen LogP contribution is 2.31. The lowest BCUT2D eigenvalue weighted by Crippen LogP contribution is -2.28. The van der Waals surface area contributed by atoms with Crippen LogP contribution in [0.2, 0.25) is 0 Å². The summed E-state index contributed by atoms with van der Waals surface area (Å²) in [5.74, 6) is 0.353. The van der Waals surface area contributed by atoms with Gasteiger partial charge in [0.1, 0.15) is 5.75 Å². The topological polar surface area (TPSA) is 41.5 Å². The van der Waals surface area contributed by atoms with Gasteiger partial charge in [-0.2, -0.15) is 0 Å². The van der Waals surface area contributed by atoms with Gasteiger partial charge in [0, 0.05) is 12.6 Å². The fourth-order valence-corrected chi connectivity index (χ4v) is 2.55. The maximum Gasteiger partial charge on any atom is 0.115 e. The fraction of sp³-hybridized carbons (Fsp3) is 0.500. The first kappa shape index (κ1) is 14.1. The highest BCUT2D eigenvalue weighted by atomic mass is 16.5. The highest BCUT2D eigenvalue weighted by Gasteiger charge is 2.19. The minimum Gasteiger partial charge on any atom is -0.508 e. The lowest BCUT2D eigenvalue weighted by atomic mass is 9.87. The van der Waals surface area contributed by atoms with Crippen LogP contribution in [0.1, 0.15) is 36.9 Å². The Bertz CT molecular complexity index is 442. The minimum atomic E-state index is 0.337. The second kappa shape index (κ2) is 6.73. The normalized spacial score (nSPS) is 18.1. The Hall–Kier alpha value is -1.32. The lowest BCUT2D eigenvalue weighted by molar-refractivity contribution is 0.154. The quantitative estimate of drug-likeness (QED) is 0.611. The van der Waals surface area contributed by atoms with E-state index in [4.69, 9.17) is 4.74 Å². The Labute approximate surface area is 115 Å². The van der Waals surface area contributed by atoms with Crippen molar-refractivity contribution in [3.05, 3.63) is 41.5 Å². The molecular weight excluding hydrogens is 238 g/mol. The number of rotatable bonds is 6. The van der Waals surface area contributed by atoms with Crippen LogP contribution < -0.4 is 5.32 Å². The van der Waals surface area contributed by atoms with Gasteiger partial charge in [0.25, 0.3) is 0 Å². The van der Waals surface area contributed by atoms with Crippen LogP contribution in [0.5, 0.6) is 5.75 Å². The van der Waals surface area contributed by atoms with Crippen LogP contribution in [-0.4, -0.2) is 24.9 Å². The number of fused-ring (bicyclic) bond motifs is 1. The molecule has 0 amide bonds. The monoisotopic (exact) mass is 261 g/mol. The summed E-state index contributed by atoms with van der Waals surface area (Å²) in [7, 11) is 0. The summed E-state index contributed by atoms with van der Waals surface area (Å²) < 4.78 is 5.49. The molecule has 0 radical (unpaired) electrons. The SMILES string of the molecule is C=C(C)COCCNC1CCCc2ccc(O)cc21. The molecule has 0 bridgehead atoms. The van der Waals surface area contributed by atoms with E-state index >= 15 is 0 Å². The molecule has 104 valence electrons. The molecule has 2 N–H and O–H groups in total. The molecule has 1 aromatic rings. The molecule has 2 rings (SSSR count). The minimum absolute atomic E-state index is 0.337. The van der Waals surface area contributed by atoms with E-state index in [1.807, 2.05) is 19.1 Å². The Morgan fingerprint density at radius 2 is 2.37 bits per heavy atom. The van der Waals surface area contributed by atoms with E-state index < -0.39 is 0 Å². The molecule has 0 spiro atoms. The van der Waals surface area contributed by atoms with E-state index in [-0.39, 0.29) is 0 Å².